The molecule has 4 nitrogen and oxygen atoms in total. The number of nitrogens with zero attached hydrogens (tertiary/aromatic N) is 2. The first-order chi connectivity index (χ1) is 9.84. The van der Waals surface area contributed by atoms with Gasteiger partial charge in [0.25, 0.3) is 0 Å². The number of rotatable bonds is 5. The summed E-state index contributed by atoms with van der Waals surface area (Å²) in [5, 5.41) is 0. The molecule has 0 bridgehead atoms. The number of fused-ring (bicyclic) bond motifs is 1. The molecule has 0 radical (unpaired) electrons. The average Bonchev–Trinajstić information content (AvgIpc) is 2.73. The van der Waals surface area contributed by atoms with Gasteiger partial charge in [-0.3, -0.25) is 0 Å². The second kappa shape index (κ2) is 6.16. The number of benzene rings is 1. The number of nitrogens with two attached hydrogens (primary N) is 1. The van der Waals surface area contributed by atoms with Crippen LogP contribution in [0, 0.1) is 13.8 Å². The van der Waals surface area contributed by atoms with Crippen molar-refractivity contribution in [2.24, 2.45) is 5.73 Å². The van der Waals surface area contributed by atoms with Crippen LogP contribution in [0.15, 0.2) is 12.1 Å². The Morgan fingerprint density at radius 1 is 1.14 bits per heavy atom. The molecule has 0 saturated carbocycles. The lowest BCUT2D eigenvalue weighted by Gasteiger charge is -2.20. The molecule has 1 aromatic carbocycles. The van der Waals surface area contributed by atoms with Crippen molar-refractivity contribution in [2.75, 3.05) is 19.8 Å². The van der Waals surface area contributed by atoms with Crippen LogP contribution in [0.1, 0.15) is 37.7 Å². The predicted molar refractivity (Wildman–Crippen MR) is 87.8 cm³/mol. The van der Waals surface area contributed by atoms with Gasteiger partial charge in [0.1, 0.15) is 5.82 Å². The molecular weight excluding hydrogens is 262 g/mol. The number of imidazole rings is 1. The Morgan fingerprint density at radius 3 is 2.43 bits per heavy atom. The van der Waals surface area contributed by atoms with Crippen LogP contribution in [-0.2, 0) is 16.7 Å². The van der Waals surface area contributed by atoms with Gasteiger partial charge in [-0.2, -0.15) is 0 Å². The van der Waals surface area contributed by atoms with Crippen LogP contribution in [-0.4, -0.2) is 29.3 Å². The molecule has 2 N–H and O–H groups in total. The zero-order valence-corrected chi connectivity index (χ0v) is 13.9. The SMILES string of the molecule is Cc1cc2nc(C(C)(C)C)n(CCOCCN)c2cc1C. The van der Waals surface area contributed by atoms with Crippen molar-refractivity contribution in [3.8, 4) is 0 Å². The normalized spacial score (nSPS) is 12.3. The van der Waals surface area contributed by atoms with Crippen LogP contribution in [0.2, 0.25) is 0 Å². The van der Waals surface area contributed by atoms with E-state index in [4.69, 9.17) is 15.5 Å². The second-order valence-electron chi connectivity index (χ2n) is 6.66. The zero-order valence-electron chi connectivity index (χ0n) is 13.9. The average molecular weight is 289 g/mol. The van der Waals surface area contributed by atoms with Gasteiger partial charge < -0.3 is 15.0 Å². The first kappa shape index (κ1) is 16.0. The summed E-state index contributed by atoms with van der Waals surface area (Å²) in [7, 11) is 0. The van der Waals surface area contributed by atoms with E-state index in [-0.39, 0.29) is 5.41 Å². The number of hydrogen-bond acceptors (Lipinski definition) is 3. The summed E-state index contributed by atoms with van der Waals surface area (Å²) < 4.78 is 7.84. The lowest BCUT2D eigenvalue weighted by molar-refractivity contribution is 0.133. The topological polar surface area (TPSA) is 53.1 Å². The molecule has 4 heteroatoms. The fourth-order valence-electron chi connectivity index (χ4n) is 2.52. The maximum atomic E-state index is 5.55. The summed E-state index contributed by atoms with van der Waals surface area (Å²) in [6.07, 6.45) is 0. The molecule has 1 aromatic heterocycles. The van der Waals surface area contributed by atoms with E-state index in [0.29, 0.717) is 19.8 Å². The van der Waals surface area contributed by atoms with Gasteiger partial charge in [0.05, 0.1) is 24.2 Å². The van der Waals surface area contributed by atoms with Crippen molar-refractivity contribution in [3.05, 3.63) is 29.1 Å². The van der Waals surface area contributed by atoms with E-state index in [1.807, 2.05) is 0 Å². The van der Waals surface area contributed by atoms with Crippen molar-refractivity contribution in [1.29, 1.82) is 0 Å². The van der Waals surface area contributed by atoms with E-state index in [9.17, 15) is 0 Å². The van der Waals surface area contributed by atoms with Crippen LogP contribution in [0.3, 0.4) is 0 Å². The third-order valence-electron chi connectivity index (χ3n) is 3.76. The van der Waals surface area contributed by atoms with E-state index in [2.05, 4.69) is 51.3 Å². The largest absolute Gasteiger partial charge is 0.378 e. The Bertz CT molecular complexity index is 623. The monoisotopic (exact) mass is 289 g/mol. The van der Waals surface area contributed by atoms with Gasteiger partial charge in [0.2, 0.25) is 0 Å². The van der Waals surface area contributed by atoms with E-state index in [0.717, 1.165) is 17.9 Å². The number of hydrogen-bond donors (Lipinski definition) is 1. The Balaban J connectivity index is 2.44. The Labute approximate surface area is 127 Å². The van der Waals surface area contributed by atoms with E-state index >= 15 is 0 Å². The molecule has 0 fully saturated rings. The minimum atomic E-state index is 0.00863. The van der Waals surface area contributed by atoms with Crippen molar-refractivity contribution in [2.45, 2.75) is 46.6 Å². The fourth-order valence-corrected chi connectivity index (χ4v) is 2.52. The third kappa shape index (κ3) is 3.44. The second-order valence-corrected chi connectivity index (χ2v) is 6.66. The highest BCUT2D eigenvalue weighted by atomic mass is 16.5. The van der Waals surface area contributed by atoms with Crippen molar-refractivity contribution < 1.29 is 4.74 Å². The summed E-state index contributed by atoms with van der Waals surface area (Å²) in [5.74, 6) is 1.11. The van der Waals surface area contributed by atoms with Crippen LogP contribution in [0.5, 0.6) is 0 Å². The molecule has 21 heavy (non-hydrogen) atoms. The summed E-state index contributed by atoms with van der Waals surface area (Å²) >= 11 is 0. The van der Waals surface area contributed by atoms with Gasteiger partial charge in [-0.15, -0.1) is 0 Å². The molecule has 0 spiro atoms. The van der Waals surface area contributed by atoms with Crippen LogP contribution < -0.4 is 5.73 Å². The van der Waals surface area contributed by atoms with Gasteiger partial charge in [-0.25, -0.2) is 4.98 Å². The van der Waals surface area contributed by atoms with Gasteiger partial charge in [0, 0.05) is 18.5 Å². The molecule has 0 saturated heterocycles. The van der Waals surface area contributed by atoms with Gasteiger partial charge in [-0.05, 0) is 37.1 Å². The Hall–Kier alpha value is -1.39. The summed E-state index contributed by atoms with van der Waals surface area (Å²) in [6.45, 7) is 13.5. The molecule has 2 rings (SSSR count). The van der Waals surface area contributed by atoms with Gasteiger partial charge in [-0.1, -0.05) is 20.8 Å². The molecule has 0 atom stereocenters. The molecule has 0 aliphatic carbocycles. The summed E-state index contributed by atoms with van der Waals surface area (Å²) in [6, 6.07) is 4.41. The quantitative estimate of drug-likeness (QED) is 0.861. The Morgan fingerprint density at radius 2 is 1.81 bits per heavy atom. The minimum Gasteiger partial charge on any atom is -0.378 e. The predicted octanol–water partition coefficient (Wildman–Crippen LogP) is 2.93. The summed E-state index contributed by atoms with van der Waals surface area (Å²) in [4.78, 5) is 4.87. The molecule has 0 unspecified atom stereocenters. The smallest absolute Gasteiger partial charge is 0.115 e. The lowest BCUT2D eigenvalue weighted by Crippen LogP contribution is -2.21. The number of aromatic nitrogens is 2. The first-order valence-corrected chi connectivity index (χ1v) is 7.60. The Kier molecular flexibility index (Phi) is 4.69. The highest BCUT2D eigenvalue weighted by Gasteiger charge is 2.23. The molecule has 0 amide bonds. The molecule has 0 aliphatic rings. The van der Waals surface area contributed by atoms with Crippen LogP contribution >= 0.6 is 0 Å². The highest BCUT2D eigenvalue weighted by Crippen LogP contribution is 2.28. The molecule has 2 aromatic rings. The van der Waals surface area contributed by atoms with Crippen molar-refractivity contribution >= 4 is 11.0 Å². The number of ether oxygens (including phenoxy) is 1. The van der Waals surface area contributed by atoms with Gasteiger partial charge in [0.15, 0.2) is 0 Å². The van der Waals surface area contributed by atoms with Crippen molar-refractivity contribution in [1.82, 2.24) is 9.55 Å². The van der Waals surface area contributed by atoms with Crippen LogP contribution in [0.4, 0.5) is 0 Å². The first-order valence-electron chi connectivity index (χ1n) is 7.60. The summed E-state index contributed by atoms with van der Waals surface area (Å²) in [5.41, 5.74) is 10.3. The molecule has 116 valence electrons. The third-order valence-corrected chi connectivity index (χ3v) is 3.76. The standard InChI is InChI=1S/C17H27N3O/c1-12-10-14-15(11-13(12)2)20(7-9-21-8-6-18)16(19-14)17(3,4)5/h10-11H,6-9,18H2,1-5H3. The highest BCUT2D eigenvalue weighted by molar-refractivity contribution is 5.78. The lowest BCUT2D eigenvalue weighted by atomic mass is 9.95. The minimum absolute atomic E-state index is 0.00863. The van der Waals surface area contributed by atoms with E-state index < -0.39 is 0 Å². The maximum absolute atomic E-state index is 5.55. The zero-order chi connectivity index (χ0) is 15.6. The molecule has 0 aliphatic heterocycles. The fraction of sp³-hybridized carbons (Fsp3) is 0.588. The maximum Gasteiger partial charge on any atom is 0.115 e. The van der Waals surface area contributed by atoms with Crippen molar-refractivity contribution in [3.63, 3.8) is 0 Å². The molecular formula is C17H27N3O. The van der Waals surface area contributed by atoms with Crippen LogP contribution in [0.25, 0.3) is 11.0 Å². The van der Waals surface area contributed by atoms with E-state index in [1.165, 1.54) is 16.6 Å². The van der Waals surface area contributed by atoms with Gasteiger partial charge >= 0.3 is 0 Å². The number of aryl methyl sites for hydroxylation is 2. The van der Waals surface area contributed by atoms with E-state index in [1.54, 1.807) is 0 Å². The molecule has 1 heterocycles.